The first kappa shape index (κ1) is 7.32. The average molecular weight is 142 g/mol. The summed E-state index contributed by atoms with van der Waals surface area (Å²) in [5, 5.41) is 0. The summed E-state index contributed by atoms with van der Waals surface area (Å²) in [6.07, 6.45) is 3.20. The van der Waals surface area contributed by atoms with E-state index in [0.29, 0.717) is 17.8 Å². The molecule has 0 fully saturated rings. The Morgan fingerprint density at radius 3 is 2.80 bits per heavy atom. The van der Waals surface area contributed by atoms with Crippen LogP contribution in [0.1, 0.15) is 19.8 Å². The van der Waals surface area contributed by atoms with Gasteiger partial charge in [-0.1, -0.05) is 0 Å². The fourth-order valence-corrected chi connectivity index (χ4v) is 1.04. The summed E-state index contributed by atoms with van der Waals surface area (Å²) in [6.45, 7) is 1.74. The molecule has 0 amide bonds. The minimum Gasteiger partial charge on any atom is -0.497 e. The van der Waals surface area contributed by atoms with Crippen molar-refractivity contribution in [1.29, 1.82) is 0 Å². The molecule has 0 saturated carbocycles. The van der Waals surface area contributed by atoms with Gasteiger partial charge in [-0.3, -0.25) is 0 Å². The number of halogens is 1. The lowest BCUT2D eigenvalue weighted by atomic mass is 10.1. The number of ether oxygens (including phenoxy) is 1. The number of methoxy groups -OCH3 is 1. The number of rotatable bonds is 1. The molecular formula is C8H11FO. The SMILES string of the molecule is COC1=CCCC(F)=C1C. The van der Waals surface area contributed by atoms with E-state index in [0.717, 1.165) is 6.42 Å². The van der Waals surface area contributed by atoms with Crippen molar-refractivity contribution in [1.82, 2.24) is 0 Å². The zero-order valence-corrected chi connectivity index (χ0v) is 6.28. The van der Waals surface area contributed by atoms with E-state index < -0.39 is 0 Å². The van der Waals surface area contributed by atoms with Crippen molar-refractivity contribution < 1.29 is 9.13 Å². The first-order valence-corrected chi connectivity index (χ1v) is 3.35. The summed E-state index contributed by atoms with van der Waals surface area (Å²) in [5.41, 5.74) is 0.647. The summed E-state index contributed by atoms with van der Waals surface area (Å²) < 4.78 is 17.7. The average Bonchev–Trinajstić information content (AvgIpc) is 1.95. The van der Waals surface area contributed by atoms with Gasteiger partial charge in [-0.25, -0.2) is 4.39 Å². The Balaban J connectivity index is 2.83. The Bertz CT molecular complexity index is 191. The summed E-state index contributed by atoms with van der Waals surface area (Å²) in [5.74, 6) is 0.642. The molecule has 0 aromatic carbocycles. The maximum absolute atomic E-state index is 12.8. The van der Waals surface area contributed by atoms with Gasteiger partial charge in [0, 0.05) is 12.0 Å². The van der Waals surface area contributed by atoms with E-state index in [1.807, 2.05) is 6.08 Å². The molecule has 0 aliphatic heterocycles. The van der Waals surface area contributed by atoms with E-state index in [9.17, 15) is 4.39 Å². The molecule has 0 atom stereocenters. The van der Waals surface area contributed by atoms with E-state index in [2.05, 4.69) is 0 Å². The molecule has 0 unspecified atom stereocenters. The number of hydrogen-bond acceptors (Lipinski definition) is 1. The van der Waals surface area contributed by atoms with Crippen LogP contribution in [0.15, 0.2) is 23.2 Å². The van der Waals surface area contributed by atoms with Crippen molar-refractivity contribution in [2.45, 2.75) is 19.8 Å². The lowest BCUT2D eigenvalue weighted by Gasteiger charge is -2.12. The zero-order chi connectivity index (χ0) is 7.56. The summed E-state index contributed by atoms with van der Waals surface area (Å²) in [6, 6.07) is 0. The van der Waals surface area contributed by atoms with Crippen LogP contribution in [0.2, 0.25) is 0 Å². The largest absolute Gasteiger partial charge is 0.497 e. The first-order valence-electron chi connectivity index (χ1n) is 3.35. The summed E-state index contributed by atoms with van der Waals surface area (Å²) in [7, 11) is 1.56. The van der Waals surface area contributed by atoms with E-state index >= 15 is 0 Å². The Kier molecular flexibility index (Phi) is 2.10. The molecule has 0 saturated heterocycles. The van der Waals surface area contributed by atoms with Crippen LogP contribution in [0.4, 0.5) is 4.39 Å². The second-order valence-corrected chi connectivity index (χ2v) is 2.34. The first-order chi connectivity index (χ1) is 4.75. The Labute approximate surface area is 60.2 Å². The highest BCUT2D eigenvalue weighted by Gasteiger charge is 2.11. The van der Waals surface area contributed by atoms with Crippen LogP contribution in [0.5, 0.6) is 0 Å². The lowest BCUT2D eigenvalue weighted by molar-refractivity contribution is 0.292. The molecule has 0 spiro atoms. The lowest BCUT2D eigenvalue weighted by Crippen LogP contribution is -1.97. The predicted octanol–water partition coefficient (Wildman–Crippen LogP) is 2.55. The molecule has 2 heteroatoms. The van der Waals surface area contributed by atoms with Crippen molar-refractivity contribution in [3.05, 3.63) is 23.2 Å². The molecule has 1 nitrogen and oxygen atoms in total. The van der Waals surface area contributed by atoms with E-state index in [-0.39, 0.29) is 5.83 Å². The van der Waals surface area contributed by atoms with Crippen LogP contribution < -0.4 is 0 Å². The van der Waals surface area contributed by atoms with E-state index in [4.69, 9.17) is 4.74 Å². The fraction of sp³-hybridized carbons (Fsp3) is 0.500. The minimum absolute atomic E-state index is 0.0423. The van der Waals surface area contributed by atoms with Gasteiger partial charge in [0.15, 0.2) is 0 Å². The van der Waals surface area contributed by atoms with Crippen LogP contribution >= 0.6 is 0 Å². The molecule has 1 aliphatic carbocycles. The van der Waals surface area contributed by atoms with Crippen molar-refractivity contribution >= 4 is 0 Å². The predicted molar refractivity (Wildman–Crippen MR) is 38.1 cm³/mol. The molecule has 0 radical (unpaired) electrons. The third kappa shape index (κ3) is 1.20. The van der Waals surface area contributed by atoms with Crippen molar-refractivity contribution in [2.75, 3.05) is 7.11 Å². The van der Waals surface area contributed by atoms with Gasteiger partial charge in [0.1, 0.15) is 11.6 Å². The molecule has 0 heterocycles. The van der Waals surface area contributed by atoms with Gasteiger partial charge in [-0.2, -0.15) is 0 Å². The maximum atomic E-state index is 12.8. The van der Waals surface area contributed by atoms with Crippen LogP contribution in [0.3, 0.4) is 0 Å². The van der Waals surface area contributed by atoms with Crippen LogP contribution in [0, 0.1) is 0 Å². The van der Waals surface area contributed by atoms with Crippen LogP contribution in [-0.2, 0) is 4.74 Å². The molecule has 0 aromatic rings. The Hall–Kier alpha value is -0.790. The second-order valence-electron chi connectivity index (χ2n) is 2.34. The van der Waals surface area contributed by atoms with Gasteiger partial charge >= 0.3 is 0 Å². The van der Waals surface area contributed by atoms with Gasteiger partial charge in [0.25, 0.3) is 0 Å². The fourth-order valence-electron chi connectivity index (χ4n) is 1.04. The molecule has 0 bridgehead atoms. The van der Waals surface area contributed by atoms with Crippen molar-refractivity contribution in [3.8, 4) is 0 Å². The monoisotopic (exact) mass is 142 g/mol. The Morgan fingerprint density at radius 2 is 2.30 bits per heavy atom. The van der Waals surface area contributed by atoms with Gasteiger partial charge < -0.3 is 4.74 Å². The van der Waals surface area contributed by atoms with E-state index in [1.165, 1.54) is 0 Å². The zero-order valence-electron chi connectivity index (χ0n) is 6.28. The molecule has 1 rings (SSSR count). The third-order valence-electron chi connectivity index (χ3n) is 1.69. The number of hydrogen-bond donors (Lipinski definition) is 0. The molecule has 56 valence electrons. The molecule has 1 aliphatic rings. The topological polar surface area (TPSA) is 9.23 Å². The summed E-state index contributed by atoms with van der Waals surface area (Å²) in [4.78, 5) is 0. The Morgan fingerprint density at radius 1 is 1.60 bits per heavy atom. The van der Waals surface area contributed by atoms with Crippen LogP contribution in [0.25, 0.3) is 0 Å². The number of allylic oxidation sites excluding steroid dienone is 3. The minimum atomic E-state index is -0.0423. The molecule has 0 N–H and O–H groups in total. The standard InChI is InChI=1S/C8H11FO/c1-6-7(9)4-3-5-8(6)10-2/h5H,3-4H2,1-2H3. The van der Waals surface area contributed by atoms with E-state index in [1.54, 1.807) is 14.0 Å². The highest BCUT2D eigenvalue weighted by molar-refractivity contribution is 5.29. The van der Waals surface area contributed by atoms with Gasteiger partial charge in [-0.15, -0.1) is 0 Å². The smallest absolute Gasteiger partial charge is 0.120 e. The van der Waals surface area contributed by atoms with Gasteiger partial charge in [0.2, 0.25) is 0 Å². The van der Waals surface area contributed by atoms with Crippen LogP contribution in [-0.4, -0.2) is 7.11 Å². The normalized spacial score (nSPS) is 18.9. The maximum Gasteiger partial charge on any atom is 0.120 e. The van der Waals surface area contributed by atoms with Crippen molar-refractivity contribution in [2.24, 2.45) is 0 Å². The van der Waals surface area contributed by atoms with Crippen molar-refractivity contribution in [3.63, 3.8) is 0 Å². The summed E-state index contributed by atoms with van der Waals surface area (Å²) >= 11 is 0. The highest BCUT2D eigenvalue weighted by atomic mass is 19.1. The quantitative estimate of drug-likeness (QED) is 0.546. The molecular weight excluding hydrogens is 131 g/mol. The molecule has 0 aromatic heterocycles. The third-order valence-corrected chi connectivity index (χ3v) is 1.69. The van der Waals surface area contributed by atoms with Gasteiger partial charge in [-0.05, 0) is 19.4 Å². The van der Waals surface area contributed by atoms with Gasteiger partial charge in [0.05, 0.1) is 7.11 Å². The second kappa shape index (κ2) is 2.86. The highest BCUT2D eigenvalue weighted by Crippen LogP contribution is 2.25. The molecule has 10 heavy (non-hydrogen) atoms.